The van der Waals surface area contributed by atoms with Crippen LogP contribution in [-0.4, -0.2) is 25.5 Å². The maximum Gasteiger partial charge on any atom is 0.265 e. The second-order valence-electron chi connectivity index (χ2n) is 3.60. The van der Waals surface area contributed by atoms with Gasteiger partial charge in [-0.2, -0.15) is 0 Å². The average molecular weight is 280 g/mol. The van der Waals surface area contributed by atoms with Gasteiger partial charge in [0.15, 0.2) is 5.82 Å². The van der Waals surface area contributed by atoms with E-state index < -0.39 is 10.0 Å². The Kier molecular flexibility index (Phi) is 3.52. The number of ether oxygens (including phenoxy) is 1. The second kappa shape index (κ2) is 5.11. The van der Waals surface area contributed by atoms with Crippen LogP contribution in [0.3, 0.4) is 0 Å². The molecule has 0 radical (unpaired) electrons. The van der Waals surface area contributed by atoms with Crippen LogP contribution in [0.5, 0.6) is 5.75 Å². The van der Waals surface area contributed by atoms with Crippen LogP contribution in [0.15, 0.2) is 41.7 Å². The summed E-state index contributed by atoms with van der Waals surface area (Å²) in [7, 11) is -2.39. The van der Waals surface area contributed by atoms with E-state index in [2.05, 4.69) is 14.7 Å². The topological polar surface area (TPSA) is 107 Å². The number of nitrogens with zero attached hydrogens (tertiary/aromatic N) is 2. The number of benzene rings is 1. The summed E-state index contributed by atoms with van der Waals surface area (Å²) >= 11 is 0. The van der Waals surface area contributed by atoms with Crippen molar-refractivity contribution >= 4 is 21.5 Å². The van der Waals surface area contributed by atoms with Crippen molar-refractivity contribution in [2.75, 3.05) is 17.6 Å². The van der Waals surface area contributed by atoms with E-state index in [0.29, 0.717) is 5.75 Å². The maximum absolute atomic E-state index is 12.2. The number of methoxy groups -OCH3 is 1. The Morgan fingerprint density at radius 2 is 2.11 bits per heavy atom. The van der Waals surface area contributed by atoms with Crippen LogP contribution in [0.1, 0.15) is 0 Å². The first kappa shape index (κ1) is 13.1. The molecule has 7 nitrogen and oxygen atoms in total. The highest BCUT2D eigenvalue weighted by molar-refractivity contribution is 7.92. The molecule has 3 N–H and O–H groups in total. The Balaban J connectivity index is 2.39. The summed E-state index contributed by atoms with van der Waals surface area (Å²) < 4.78 is 31.6. The van der Waals surface area contributed by atoms with Gasteiger partial charge in [0.1, 0.15) is 10.6 Å². The van der Waals surface area contributed by atoms with E-state index in [0.717, 1.165) is 0 Å². The number of rotatable bonds is 4. The molecule has 0 unspecified atom stereocenters. The van der Waals surface area contributed by atoms with Crippen LogP contribution in [0.25, 0.3) is 0 Å². The summed E-state index contributed by atoms with van der Waals surface area (Å²) in [4.78, 5) is 7.54. The number of anilines is 2. The molecule has 100 valence electrons. The first-order chi connectivity index (χ1) is 9.03. The largest absolute Gasteiger partial charge is 0.497 e. The zero-order chi connectivity index (χ0) is 13.9. The molecule has 8 heteroatoms. The lowest BCUT2D eigenvalue weighted by molar-refractivity contribution is 0.413. The van der Waals surface area contributed by atoms with Crippen molar-refractivity contribution in [3.8, 4) is 5.75 Å². The van der Waals surface area contributed by atoms with E-state index in [-0.39, 0.29) is 16.4 Å². The fraction of sp³-hybridized carbons (Fsp3) is 0.0909. The third-order valence-corrected chi connectivity index (χ3v) is 3.72. The van der Waals surface area contributed by atoms with E-state index in [1.54, 1.807) is 6.07 Å². The number of nitrogens with two attached hydrogens (primary N) is 1. The first-order valence-corrected chi connectivity index (χ1v) is 6.73. The number of hydrogen-bond donors (Lipinski definition) is 2. The van der Waals surface area contributed by atoms with E-state index in [4.69, 9.17) is 10.5 Å². The third kappa shape index (κ3) is 2.91. The molecule has 2 rings (SSSR count). The Morgan fingerprint density at radius 3 is 2.74 bits per heavy atom. The van der Waals surface area contributed by atoms with Crippen LogP contribution >= 0.6 is 0 Å². The van der Waals surface area contributed by atoms with Crippen molar-refractivity contribution in [2.45, 2.75) is 4.90 Å². The van der Waals surface area contributed by atoms with Gasteiger partial charge in [0.2, 0.25) is 0 Å². The van der Waals surface area contributed by atoms with E-state index >= 15 is 0 Å². The second-order valence-corrected chi connectivity index (χ2v) is 5.25. The lowest BCUT2D eigenvalue weighted by atomic mass is 10.3. The Bertz CT molecular complexity index is 674. The fourth-order valence-corrected chi connectivity index (χ4v) is 2.56. The van der Waals surface area contributed by atoms with Gasteiger partial charge in [-0.05, 0) is 12.1 Å². The van der Waals surface area contributed by atoms with Crippen molar-refractivity contribution in [1.82, 2.24) is 9.97 Å². The van der Waals surface area contributed by atoms with Gasteiger partial charge in [-0.15, -0.1) is 0 Å². The zero-order valence-corrected chi connectivity index (χ0v) is 10.9. The highest BCUT2D eigenvalue weighted by Gasteiger charge is 2.19. The SMILES string of the molecule is COc1ccc(N)c(S(=O)(=O)Nc2cnccn2)c1. The molecular weight excluding hydrogens is 268 g/mol. The molecule has 0 fully saturated rings. The molecule has 0 atom stereocenters. The molecular formula is C11H12N4O3S. The predicted octanol–water partition coefficient (Wildman–Crippen LogP) is 0.868. The number of nitrogen functional groups attached to an aromatic ring is 1. The van der Waals surface area contributed by atoms with Crippen LogP contribution in [0.4, 0.5) is 11.5 Å². The van der Waals surface area contributed by atoms with E-state index in [1.807, 2.05) is 0 Å². The van der Waals surface area contributed by atoms with Gasteiger partial charge < -0.3 is 10.5 Å². The molecule has 1 heterocycles. The van der Waals surface area contributed by atoms with Crippen molar-refractivity contribution in [3.63, 3.8) is 0 Å². The molecule has 0 aliphatic carbocycles. The molecule has 1 aromatic carbocycles. The normalized spacial score (nSPS) is 11.0. The van der Waals surface area contributed by atoms with Gasteiger partial charge in [0, 0.05) is 18.5 Å². The Morgan fingerprint density at radius 1 is 1.32 bits per heavy atom. The Labute approximate surface area is 110 Å². The summed E-state index contributed by atoms with van der Waals surface area (Å²) in [5.41, 5.74) is 5.80. The molecule has 0 aliphatic rings. The number of hydrogen-bond acceptors (Lipinski definition) is 6. The summed E-state index contributed by atoms with van der Waals surface area (Å²) in [5, 5.41) is 0. The summed E-state index contributed by atoms with van der Waals surface area (Å²) in [6, 6.07) is 4.38. The van der Waals surface area contributed by atoms with Crippen molar-refractivity contribution in [3.05, 3.63) is 36.8 Å². The predicted molar refractivity (Wildman–Crippen MR) is 70.2 cm³/mol. The highest BCUT2D eigenvalue weighted by atomic mass is 32.2. The number of aromatic nitrogens is 2. The maximum atomic E-state index is 12.2. The molecule has 0 amide bonds. The lowest BCUT2D eigenvalue weighted by Crippen LogP contribution is -2.15. The van der Waals surface area contributed by atoms with Crippen molar-refractivity contribution in [2.24, 2.45) is 0 Å². The highest BCUT2D eigenvalue weighted by Crippen LogP contribution is 2.25. The van der Waals surface area contributed by atoms with Gasteiger partial charge in [0.05, 0.1) is 19.0 Å². The molecule has 0 bridgehead atoms. The molecule has 0 spiro atoms. The molecule has 1 aromatic heterocycles. The van der Waals surface area contributed by atoms with E-state index in [9.17, 15) is 8.42 Å². The zero-order valence-electron chi connectivity index (χ0n) is 10.1. The van der Waals surface area contributed by atoms with Gasteiger partial charge in [-0.3, -0.25) is 9.71 Å². The summed E-state index contributed by atoms with van der Waals surface area (Å²) in [6.07, 6.45) is 4.12. The van der Waals surface area contributed by atoms with Crippen LogP contribution in [0.2, 0.25) is 0 Å². The number of sulfonamides is 1. The minimum absolute atomic E-state index is 0.0718. The van der Waals surface area contributed by atoms with Crippen molar-refractivity contribution in [1.29, 1.82) is 0 Å². The van der Waals surface area contributed by atoms with Crippen molar-refractivity contribution < 1.29 is 13.2 Å². The smallest absolute Gasteiger partial charge is 0.265 e. The van der Waals surface area contributed by atoms with Crippen LogP contribution in [0, 0.1) is 0 Å². The molecule has 0 aliphatic heterocycles. The molecule has 0 saturated heterocycles. The lowest BCUT2D eigenvalue weighted by Gasteiger charge is -2.10. The Hall–Kier alpha value is -2.35. The van der Waals surface area contributed by atoms with Gasteiger partial charge >= 0.3 is 0 Å². The first-order valence-electron chi connectivity index (χ1n) is 5.25. The quantitative estimate of drug-likeness (QED) is 0.805. The van der Waals surface area contributed by atoms with Gasteiger partial charge in [0.25, 0.3) is 10.0 Å². The summed E-state index contributed by atoms with van der Waals surface area (Å²) in [5.74, 6) is 0.512. The minimum Gasteiger partial charge on any atom is -0.497 e. The fourth-order valence-electron chi connectivity index (χ4n) is 1.42. The average Bonchev–Trinajstić information content (AvgIpc) is 2.39. The summed E-state index contributed by atoms with van der Waals surface area (Å²) in [6.45, 7) is 0. The third-order valence-electron chi connectivity index (χ3n) is 2.31. The standard InChI is InChI=1S/C11H12N4O3S/c1-18-8-2-3-9(12)10(6-8)19(16,17)15-11-7-13-4-5-14-11/h2-7H,12H2,1H3,(H,14,15). The van der Waals surface area contributed by atoms with Crippen LogP contribution < -0.4 is 15.2 Å². The molecule has 19 heavy (non-hydrogen) atoms. The van der Waals surface area contributed by atoms with Crippen LogP contribution in [-0.2, 0) is 10.0 Å². The number of nitrogens with one attached hydrogen (secondary N) is 1. The monoisotopic (exact) mass is 280 g/mol. The van der Waals surface area contributed by atoms with E-state index in [1.165, 1.54) is 37.8 Å². The minimum atomic E-state index is -3.83. The molecule has 0 saturated carbocycles. The van der Waals surface area contributed by atoms with Gasteiger partial charge in [-0.25, -0.2) is 13.4 Å². The van der Waals surface area contributed by atoms with Gasteiger partial charge in [-0.1, -0.05) is 0 Å². The molecule has 2 aromatic rings.